The van der Waals surface area contributed by atoms with Gasteiger partial charge in [-0.25, -0.2) is 4.39 Å². The van der Waals surface area contributed by atoms with Gasteiger partial charge in [-0.3, -0.25) is 14.3 Å². The molecule has 1 aromatic heterocycles. The van der Waals surface area contributed by atoms with Crippen molar-refractivity contribution in [2.75, 3.05) is 5.32 Å². The van der Waals surface area contributed by atoms with E-state index in [-0.39, 0.29) is 16.1 Å². The van der Waals surface area contributed by atoms with Crippen LogP contribution in [0.1, 0.15) is 17.4 Å². The highest BCUT2D eigenvalue weighted by Crippen LogP contribution is 2.25. The predicted molar refractivity (Wildman–Crippen MR) is 96.1 cm³/mol. The number of nitrogens with zero attached hydrogens (tertiary/aromatic N) is 2. The van der Waals surface area contributed by atoms with Crippen molar-refractivity contribution in [2.24, 2.45) is 0 Å². The zero-order chi connectivity index (χ0) is 18.1. The summed E-state index contributed by atoms with van der Waals surface area (Å²) in [7, 11) is 0. The van der Waals surface area contributed by atoms with E-state index in [4.69, 9.17) is 23.2 Å². The van der Waals surface area contributed by atoms with E-state index in [1.54, 1.807) is 13.0 Å². The number of aryl methyl sites for hydroxylation is 1. The largest absolute Gasteiger partial charge is 0.320 e. The van der Waals surface area contributed by atoms with Crippen LogP contribution in [-0.4, -0.2) is 15.7 Å². The molecule has 0 saturated heterocycles. The minimum atomic E-state index is -0.711. The Morgan fingerprint density at radius 2 is 1.96 bits per heavy atom. The molecule has 0 aliphatic rings. The van der Waals surface area contributed by atoms with E-state index < -0.39 is 17.2 Å². The smallest absolute Gasteiger partial charge is 0.280 e. The Bertz CT molecular complexity index is 1050. The lowest BCUT2D eigenvalue weighted by Gasteiger charge is -2.11. The van der Waals surface area contributed by atoms with Crippen molar-refractivity contribution in [1.29, 1.82) is 0 Å². The Kier molecular flexibility index (Phi) is 4.74. The first kappa shape index (κ1) is 17.4. The van der Waals surface area contributed by atoms with Crippen molar-refractivity contribution in [3.8, 4) is 0 Å². The molecule has 0 radical (unpaired) electrons. The summed E-state index contributed by atoms with van der Waals surface area (Å²) in [5.41, 5.74) is -0.147. The number of nitrogens with one attached hydrogen (secondary N) is 1. The van der Waals surface area contributed by atoms with E-state index >= 15 is 0 Å². The third-order valence-corrected chi connectivity index (χ3v) is 4.35. The number of anilines is 1. The zero-order valence-electron chi connectivity index (χ0n) is 13.0. The zero-order valence-corrected chi connectivity index (χ0v) is 14.5. The molecule has 1 heterocycles. The molecular formula is C17H12Cl2FN3O2. The molecule has 5 nitrogen and oxygen atoms in total. The number of carbonyl (C=O) groups is 1. The van der Waals surface area contributed by atoms with Crippen LogP contribution in [0.25, 0.3) is 10.9 Å². The lowest BCUT2D eigenvalue weighted by atomic mass is 10.2. The third kappa shape index (κ3) is 3.36. The van der Waals surface area contributed by atoms with Crippen molar-refractivity contribution >= 4 is 45.7 Å². The fourth-order valence-corrected chi connectivity index (χ4v) is 2.71. The second kappa shape index (κ2) is 6.82. The van der Waals surface area contributed by atoms with Crippen LogP contribution in [0.5, 0.6) is 0 Å². The standard InChI is InChI=1S/C17H12Cl2FN3O2/c1-2-23-14-6-3-9(20)7-11(14)16(24)15(22-23)17(25)21-10-4-5-12(18)13(19)8-10/h3-8H,2H2,1H3,(H,21,25). The quantitative estimate of drug-likeness (QED) is 0.744. The van der Waals surface area contributed by atoms with Crippen LogP contribution in [-0.2, 0) is 6.54 Å². The molecule has 0 atom stereocenters. The van der Waals surface area contributed by atoms with Gasteiger partial charge in [-0.1, -0.05) is 23.2 Å². The van der Waals surface area contributed by atoms with E-state index in [0.29, 0.717) is 22.8 Å². The molecule has 0 saturated carbocycles. The first-order valence-corrected chi connectivity index (χ1v) is 8.13. The van der Waals surface area contributed by atoms with Gasteiger partial charge in [-0.2, -0.15) is 5.10 Å². The lowest BCUT2D eigenvalue weighted by Crippen LogP contribution is -2.27. The number of fused-ring (bicyclic) bond motifs is 1. The monoisotopic (exact) mass is 379 g/mol. The second-order valence-electron chi connectivity index (χ2n) is 5.24. The molecule has 3 aromatic rings. The average molecular weight is 380 g/mol. The topological polar surface area (TPSA) is 64.0 Å². The van der Waals surface area contributed by atoms with Crippen molar-refractivity contribution < 1.29 is 9.18 Å². The molecule has 0 aliphatic carbocycles. The van der Waals surface area contributed by atoms with Crippen LogP contribution < -0.4 is 10.7 Å². The van der Waals surface area contributed by atoms with Gasteiger partial charge < -0.3 is 5.32 Å². The van der Waals surface area contributed by atoms with Crippen molar-refractivity contribution in [2.45, 2.75) is 13.5 Å². The average Bonchev–Trinajstić information content (AvgIpc) is 2.59. The van der Waals surface area contributed by atoms with E-state index in [2.05, 4.69) is 10.4 Å². The summed E-state index contributed by atoms with van der Waals surface area (Å²) >= 11 is 11.7. The molecule has 0 aliphatic heterocycles. The minimum Gasteiger partial charge on any atom is -0.320 e. The number of carbonyl (C=O) groups excluding carboxylic acids is 1. The predicted octanol–water partition coefficient (Wildman–Crippen LogP) is 4.11. The number of amides is 1. The fraction of sp³-hybridized carbons (Fsp3) is 0.118. The third-order valence-electron chi connectivity index (χ3n) is 3.61. The van der Waals surface area contributed by atoms with Crippen LogP contribution in [0.2, 0.25) is 10.0 Å². The van der Waals surface area contributed by atoms with Crippen molar-refractivity contribution in [3.63, 3.8) is 0 Å². The van der Waals surface area contributed by atoms with E-state index in [1.165, 1.54) is 28.9 Å². The molecule has 128 valence electrons. The molecule has 1 N–H and O–H groups in total. The van der Waals surface area contributed by atoms with Gasteiger partial charge >= 0.3 is 0 Å². The summed E-state index contributed by atoms with van der Waals surface area (Å²) in [4.78, 5) is 25.0. The molecule has 0 unspecified atom stereocenters. The van der Waals surface area contributed by atoms with Crippen molar-refractivity contribution in [1.82, 2.24) is 9.78 Å². The molecule has 0 spiro atoms. The summed E-state index contributed by atoms with van der Waals surface area (Å²) in [5, 5.41) is 7.34. The molecule has 2 aromatic carbocycles. The van der Waals surface area contributed by atoms with Crippen LogP contribution in [0.15, 0.2) is 41.2 Å². The van der Waals surface area contributed by atoms with Gasteiger partial charge in [-0.15, -0.1) is 0 Å². The number of hydrogen-bond donors (Lipinski definition) is 1. The highest BCUT2D eigenvalue weighted by molar-refractivity contribution is 6.42. The van der Waals surface area contributed by atoms with Crippen LogP contribution in [0.3, 0.4) is 0 Å². The maximum absolute atomic E-state index is 13.5. The maximum Gasteiger partial charge on any atom is 0.280 e. The normalized spacial score (nSPS) is 10.9. The molecule has 1 amide bonds. The van der Waals surface area contributed by atoms with Crippen molar-refractivity contribution in [3.05, 3.63) is 68.2 Å². The summed E-state index contributed by atoms with van der Waals surface area (Å²) in [6.07, 6.45) is 0. The van der Waals surface area contributed by atoms with E-state index in [9.17, 15) is 14.0 Å². The second-order valence-corrected chi connectivity index (χ2v) is 6.05. The Morgan fingerprint density at radius 1 is 1.20 bits per heavy atom. The van der Waals surface area contributed by atoms with Gasteiger partial charge in [0.25, 0.3) is 5.91 Å². The minimum absolute atomic E-state index is 0.0936. The number of benzene rings is 2. The van der Waals surface area contributed by atoms with Crippen LogP contribution >= 0.6 is 23.2 Å². The lowest BCUT2D eigenvalue weighted by molar-refractivity contribution is 0.101. The highest BCUT2D eigenvalue weighted by Gasteiger charge is 2.18. The SMILES string of the molecule is CCn1nc(C(=O)Nc2ccc(Cl)c(Cl)c2)c(=O)c2cc(F)ccc21. The van der Waals surface area contributed by atoms with Gasteiger partial charge in [0.1, 0.15) is 5.82 Å². The van der Waals surface area contributed by atoms with E-state index in [1.807, 2.05) is 0 Å². The van der Waals surface area contributed by atoms with Gasteiger partial charge in [0.05, 0.1) is 20.9 Å². The summed E-state index contributed by atoms with van der Waals surface area (Å²) in [6.45, 7) is 2.22. The molecule has 3 rings (SSSR count). The molecule has 25 heavy (non-hydrogen) atoms. The van der Waals surface area contributed by atoms with Crippen LogP contribution in [0.4, 0.5) is 10.1 Å². The molecule has 8 heteroatoms. The first-order chi connectivity index (χ1) is 11.9. The molecule has 0 fully saturated rings. The van der Waals surface area contributed by atoms with Gasteiger partial charge in [0, 0.05) is 12.2 Å². The van der Waals surface area contributed by atoms with Crippen LogP contribution in [0, 0.1) is 5.82 Å². The Morgan fingerprint density at radius 3 is 2.64 bits per heavy atom. The Labute approximate surface area is 152 Å². The number of halogens is 3. The molecular weight excluding hydrogens is 368 g/mol. The maximum atomic E-state index is 13.5. The number of aromatic nitrogens is 2. The number of rotatable bonds is 3. The summed E-state index contributed by atoms with van der Waals surface area (Å²) in [6, 6.07) is 8.33. The molecule has 0 bridgehead atoms. The Balaban J connectivity index is 2.08. The van der Waals surface area contributed by atoms with E-state index in [0.717, 1.165) is 6.07 Å². The first-order valence-electron chi connectivity index (χ1n) is 7.37. The fourth-order valence-electron chi connectivity index (χ4n) is 2.42. The summed E-state index contributed by atoms with van der Waals surface area (Å²) < 4.78 is 15.0. The van der Waals surface area contributed by atoms with Gasteiger partial charge in [0.15, 0.2) is 5.69 Å². The number of hydrogen-bond acceptors (Lipinski definition) is 3. The Hall–Kier alpha value is -2.44. The van der Waals surface area contributed by atoms with Gasteiger partial charge in [-0.05, 0) is 43.3 Å². The summed E-state index contributed by atoms with van der Waals surface area (Å²) in [5.74, 6) is -1.27. The van der Waals surface area contributed by atoms with Gasteiger partial charge in [0.2, 0.25) is 5.43 Å². The highest BCUT2D eigenvalue weighted by atomic mass is 35.5.